The normalized spacial score (nSPS) is 13.1. The summed E-state index contributed by atoms with van der Waals surface area (Å²) < 4.78 is 44.1. The van der Waals surface area contributed by atoms with Crippen molar-refractivity contribution in [2.24, 2.45) is 10.7 Å². The highest BCUT2D eigenvalue weighted by Gasteiger charge is 2.30. The van der Waals surface area contributed by atoms with E-state index in [1.807, 2.05) is 31.2 Å². The Labute approximate surface area is 201 Å². The molecule has 0 saturated heterocycles. The third-order valence-corrected chi connectivity index (χ3v) is 5.06. The molecule has 9 heteroatoms. The molecule has 0 unspecified atom stereocenters. The van der Waals surface area contributed by atoms with Crippen LogP contribution in [-0.4, -0.2) is 21.4 Å². The van der Waals surface area contributed by atoms with Gasteiger partial charge in [0.1, 0.15) is 11.4 Å². The molecular formula is C26H27F3N4O2. The molecule has 0 bridgehead atoms. The first kappa shape index (κ1) is 25.8. The zero-order chi connectivity index (χ0) is 26.0. The van der Waals surface area contributed by atoms with Gasteiger partial charge in [0.25, 0.3) is 0 Å². The second kappa shape index (κ2) is 9.79. The molecule has 0 saturated carbocycles. The summed E-state index contributed by atoms with van der Waals surface area (Å²) in [4.78, 5) is 8.63. The predicted molar refractivity (Wildman–Crippen MR) is 132 cm³/mol. The number of nitrogens with two attached hydrogens (primary N) is 1. The van der Waals surface area contributed by atoms with E-state index in [2.05, 4.69) is 21.9 Å². The molecule has 0 aliphatic carbocycles. The lowest BCUT2D eigenvalue weighted by Crippen LogP contribution is -2.30. The van der Waals surface area contributed by atoms with Crippen LogP contribution in [-0.2, 0) is 6.18 Å². The Bertz CT molecular complexity index is 1260. The Kier molecular flexibility index (Phi) is 7.21. The lowest BCUT2D eigenvalue weighted by Gasteiger charge is -2.19. The predicted octanol–water partition coefficient (Wildman–Crippen LogP) is 6.07. The van der Waals surface area contributed by atoms with Crippen LogP contribution in [0.1, 0.15) is 36.6 Å². The molecule has 0 fully saturated rings. The molecule has 0 aliphatic heterocycles. The topological polar surface area (TPSA) is 96.7 Å². The number of anilines is 1. The number of alkyl halides is 3. The minimum Gasteiger partial charge on any atom is -0.441 e. The molecular weight excluding hydrogens is 457 g/mol. The number of aliphatic hydroxyl groups is 1. The van der Waals surface area contributed by atoms with Gasteiger partial charge in [0, 0.05) is 23.9 Å². The van der Waals surface area contributed by atoms with Gasteiger partial charge in [-0.3, -0.25) is 0 Å². The van der Waals surface area contributed by atoms with Crippen molar-refractivity contribution in [3.05, 3.63) is 89.7 Å². The molecule has 1 aromatic heterocycles. The molecule has 0 amide bonds. The van der Waals surface area contributed by atoms with Gasteiger partial charge in [-0.2, -0.15) is 13.2 Å². The number of aliphatic imine (C=N–C) groups is 1. The molecule has 0 aliphatic rings. The van der Waals surface area contributed by atoms with E-state index in [0.717, 1.165) is 23.4 Å². The molecule has 1 heterocycles. The van der Waals surface area contributed by atoms with E-state index in [9.17, 15) is 18.3 Å². The summed E-state index contributed by atoms with van der Waals surface area (Å²) in [6.07, 6.45) is -3.03. The van der Waals surface area contributed by atoms with Crippen LogP contribution in [0.4, 0.5) is 18.9 Å². The van der Waals surface area contributed by atoms with Crippen LogP contribution in [0.5, 0.6) is 0 Å². The Morgan fingerprint density at radius 3 is 2.17 bits per heavy atom. The van der Waals surface area contributed by atoms with Gasteiger partial charge < -0.3 is 20.6 Å². The number of rotatable bonds is 7. The van der Waals surface area contributed by atoms with E-state index in [1.54, 1.807) is 6.92 Å². The maximum Gasteiger partial charge on any atom is 0.416 e. The molecule has 3 rings (SSSR count). The lowest BCUT2D eigenvalue weighted by molar-refractivity contribution is -0.137. The Balaban J connectivity index is 1.79. The number of aromatic nitrogens is 1. The molecule has 35 heavy (non-hydrogen) atoms. The van der Waals surface area contributed by atoms with E-state index in [0.29, 0.717) is 22.9 Å². The van der Waals surface area contributed by atoms with Crippen LogP contribution in [0.2, 0.25) is 0 Å². The molecule has 0 atom stereocenters. The van der Waals surface area contributed by atoms with Crippen LogP contribution >= 0.6 is 0 Å². The highest BCUT2D eigenvalue weighted by atomic mass is 19.4. The summed E-state index contributed by atoms with van der Waals surface area (Å²) in [5, 5.41) is 13.6. The number of benzene rings is 2. The number of nitrogens with zero attached hydrogens (tertiary/aromatic N) is 2. The van der Waals surface area contributed by atoms with Crippen molar-refractivity contribution in [2.45, 2.75) is 39.5 Å². The molecule has 184 valence electrons. The zero-order valence-electron chi connectivity index (χ0n) is 19.9. The Morgan fingerprint density at radius 1 is 1.09 bits per heavy atom. The van der Waals surface area contributed by atoms with Gasteiger partial charge in [0.15, 0.2) is 11.7 Å². The van der Waals surface area contributed by atoms with Crippen LogP contribution in [0.3, 0.4) is 0 Å². The van der Waals surface area contributed by atoms with Crippen molar-refractivity contribution >= 4 is 17.1 Å². The van der Waals surface area contributed by atoms with E-state index >= 15 is 0 Å². The monoisotopic (exact) mass is 484 g/mol. The fourth-order valence-corrected chi connectivity index (χ4v) is 3.27. The van der Waals surface area contributed by atoms with Crippen molar-refractivity contribution in [2.75, 3.05) is 5.32 Å². The van der Waals surface area contributed by atoms with Crippen molar-refractivity contribution in [1.29, 1.82) is 0 Å². The summed E-state index contributed by atoms with van der Waals surface area (Å²) in [5.41, 5.74) is 6.97. The smallest absolute Gasteiger partial charge is 0.416 e. The number of halogens is 3. The number of oxazole rings is 1. The zero-order valence-corrected chi connectivity index (χ0v) is 19.9. The van der Waals surface area contributed by atoms with E-state index < -0.39 is 17.3 Å². The Morgan fingerprint density at radius 2 is 1.69 bits per heavy atom. The van der Waals surface area contributed by atoms with Gasteiger partial charge >= 0.3 is 6.18 Å². The number of hydrogen-bond acceptors (Lipinski definition) is 6. The van der Waals surface area contributed by atoms with Gasteiger partial charge in [-0.05, 0) is 68.8 Å². The van der Waals surface area contributed by atoms with Gasteiger partial charge in [-0.15, -0.1) is 0 Å². The average Bonchev–Trinajstić information content (AvgIpc) is 3.10. The maximum absolute atomic E-state index is 12.8. The molecule has 0 spiro atoms. The third kappa shape index (κ3) is 6.60. The van der Waals surface area contributed by atoms with Crippen LogP contribution < -0.4 is 11.1 Å². The summed E-state index contributed by atoms with van der Waals surface area (Å²) in [6.45, 7) is 10.6. The number of aryl methyl sites for hydroxylation is 2. The first-order valence-corrected chi connectivity index (χ1v) is 10.7. The van der Waals surface area contributed by atoms with Crippen LogP contribution in [0.15, 0.2) is 76.4 Å². The fraction of sp³-hybridized carbons (Fsp3) is 0.231. The summed E-state index contributed by atoms with van der Waals surface area (Å²) in [6, 6.07) is 11.8. The van der Waals surface area contributed by atoms with Gasteiger partial charge in [0.2, 0.25) is 0 Å². The maximum atomic E-state index is 12.8. The van der Waals surface area contributed by atoms with Gasteiger partial charge in [-0.1, -0.05) is 18.7 Å². The molecule has 6 nitrogen and oxygen atoms in total. The molecule has 2 aromatic carbocycles. The lowest BCUT2D eigenvalue weighted by atomic mass is 9.99. The third-order valence-electron chi connectivity index (χ3n) is 5.06. The van der Waals surface area contributed by atoms with Gasteiger partial charge in [-0.25, -0.2) is 9.98 Å². The molecule has 3 aromatic rings. The van der Waals surface area contributed by atoms with E-state index in [-0.39, 0.29) is 17.2 Å². The molecule has 4 N–H and O–H groups in total. The quantitative estimate of drug-likeness (QED) is 0.354. The summed E-state index contributed by atoms with van der Waals surface area (Å²) in [7, 11) is 0. The van der Waals surface area contributed by atoms with Crippen LogP contribution in [0, 0.1) is 13.8 Å². The largest absolute Gasteiger partial charge is 0.441 e. The second-order valence-corrected chi connectivity index (χ2v) is 8.53. The highest BCUT2D eigenvalue weighted by molar-refractivity contribution is 6.06. The van der Waals surface area contributed by atoms with Gasteiger partial charge in [0.05, 0.1) is 17.0 Å². The van der Waals surface area contributed by atoms with Crippen molar-refractivity contribution < 1.29 is 22.7 Å². The minimum atomic E-state index is -4.44. The Hall–Kier alpha value is -3.85. The average molecular weight is 485 g/mol. The SMILES string of the molecule is C=C(/N=C(\C=C(/N)c1ccc(C(F)(F)F)cc1)C(C)(C)O)Nc1ccc(-c2oc(C)nc2C)cc1. The van der Waals surface area contributed by atoms with Crippen molar-refractivity contribution in [3.8, 4) is 11.3 Å². The van der Waals surface area contributed by atoms with Crippen molar-refractivity contribution in [1.82, 2.24) is 4.98 Å². The summed E-state index contributed by atoms with van der Waals surface area (Å²) >= 11 is 0. The minimum absolute atomic E-state index is 0.148. The standard InChI is InChI=1S/C26H27F3N4O2/c1-15-24(35-17(3)31-15)19-8-12-21(13-9-19)32-16(2)33-23(25(4,5)34)14-22(30)18-6-10-20(11-7-18)26(27,28)29/h6-14,32,34H,2,30H2,1,3-5H3/b22-14-,33-23+. The van der Waals surface area contributed by atoms with E-state index in [1.165, 1.54) is 32.1 Å². The highest BCUT2D eigenvalue weighted by Crippen LogP contribution is 2.30. The first-order chi connectivity index (χ1) is 16.2. The van der Waals surface area contributed by atoms with E-state index in [4.69, 9.17) is 10.2 Å². The second-order valence-electron chi connectivity index (χ2n) is 8.53. The van der Waals surface area contributed by atoms with Crippen LogP contribution in [0.25, 0.3) is 17.0 Å². The molecule has 0 radical (unpaired) electrons. The first-order valence-electron chi connectivity index (χ1n) is 10.7. The number of nitrogens with one attached hydrogen (secondary N) is 1. The fourth-order valence-electron chi connectivity index (χ4n) is 3.27. The number of hydrogen-bond donors (Lipinski definition) is 3. The summed E-state index contributed by atoms with van der Waals surface area (Å²) in [5.74, 6) is 1.52. The van der Waals surface area contributed by atoms with Crippen molar-refractivity contribution in [3.63, 3.8) is 0 Å².